The van der Waals surface area contributed by atoms with Crippen LogP contribution in [-0.4, -0.2) is 45.2 Å². The Labute approximate surface area is 203 Å². The third-order valence-corrected chi connectivity index (χ3v) is 7.15. The Balaban J connectivity index is 1.30. The highest BCUT2D eigenvalue weighted by Crippen LogP contribution is 2.44. The molecule has 0 radical (unpaired) electrons. The molecule has 8 nitrogen and oxygen atoms in total. The number of anilines is 1. The molecule has 180 valence electrons. The molecule has 0 amide bonds. The number of methoxy groups -OCH3 is 1. The molecule has 3 heterocycles. The Morgan fingerprint density at radius 1 is 1.18 bits per heavy atom. The van der Waals surface area contributed by atoms with Gasteiger partial charge in [0.1, 0.15) is 11.6 Å². The number of hydrogen-bond acceptors (Lipinski definition) is 7. The van der Waals surface area contributed by atoms with E-state index in [-0.39, 0.29) is 5.02 Å². The van der Waals surface area contributed by atoms with Crippen LogP contribution < -0.4 is 14.4 Å². The summed E-state index contributed by atoms with van der Waals surface area (Å²) < 4.78 is 26.5. The molecule has 2 aromatic heterocycles. The van der Waals surface area contributed by atoms with Crippen LogP contribution in [0.3, 0.4) is 0 Å². The summed E-state index contributed by atoms with van der Waals surface area (Å²) in [5.74, 6) is 2.95. The van der Waals surface area contributed by atoms with E-state index in [9.17, 15) is 4.39 Å². The van der Waals surface area contributed by atoms with Crippen LogP contribution >= 0.6 is 11.6 Å². The molecule has 0 N–H and O–H groups in total. The van der Waals surface area contributed by atoms with Crippen molar-refractivity contribution in [3.8, 4) is 17.6 Å². The lowest BCUT2D eigenvalue weighted by atomic mass is 9.82. The van der Waals surface area contributed by atoms with Crippen molar-refractivity contribution >= 4 is 17.3 Å². The molecular formula is C24H28ClFN6O2. The third-order valence-electron chi connectivity index (χ3n) is 6.86. The molecule has 1 saturated carbocycles. The maximum absolute atomic E-state index is 13.5. The zero-order valence-corrected chi connectivity index (χ0v) is 20.1. The van der Waals surface area contributed by atoms with E-state index in [0.717, 1.165) is 37.4 Å². The number of aryl methyl sites for hydroxylation is 1. The second-order valence-corrected chi connectivity index (χ2v) is 9.45. The fourth-order valence-corrected chi connectivity index (χ4v) is 5.41. The number of piperidine rings is 1. The summed E-state index contributed by atoms with van der Waals surface area (Å²) in [5, 5.41) is 12.8. The van der Waals surface area contributed by atoms with Gasteiger partial charge in [0.05, 0.1) is 24.0 Å². The van der Waals surface area contributed by atoms with Crippen LogP contribution in [0, 0.1) is 23.6 Å². The van der Waals surface area contributed by atoms with E-state index in [2.05, 4.69) is 22.0 Å². The molecule has 3 aromatic rings. The lowest BCUT2D eigenvalue weighted by Gasteiger charge is -2.38. The minimum Gasteiger partial charge on any atom is -0.480 e. The average molecular weight is 487 g/mol. The van der Waals surface area contributed by atoms with E-state index < -0.39 is 5.82 Å². The van der Waals surface area contributed by atoms with Crippen molar-refractivity contribution in [2.75, 3.05) is 25.1 Å². The summed E-state index contributed by atoms with van der Waals surface area (Å²) in [7, 11) is 1.61. The van der Waals surface area contributed by atoms with Gasteiger partial charge in [-0.3, -0.25) is 0 Å². The van der Waals surface area contributed by atoms with Crippen LogP contribution in [0.4, 0.5) is 10.1 Å². The van der Waals surface area contributed by atoms with Crippen LogP contribution in [0.25, 0.3) is 0 Å². The van der Waals surface area contributed by atoms with Crippen LogP contribution in [0.1, 0.15) is 32.0 Å². The maximum Gasteiger partial charge on any atom is 0.320 e. The number of halogens is 2. The number of aromatic nitrogens is 5. The van der Waals surface area contributed by atoms with Crippen molar-refractivity contribution in [1.82, 2.24) is 25.0 Å². The largest absolute Gasteiger partial charge is 0.480 e. The fraction of sp³-hybridized carbons (Fsp3) is 0.500. The normalized spacial score (nSPS) is 21.6. The zero-order valence-electron chi connectivity index (χ0n) is 19.3. The standard InChI is InChI=1S/C24H28ClFN6O2/c1-3-8-32-24(34-18-6-7-21(26)20(25)10-18)28-22(30-32)11-19-15-4-5-16(19)14-31(13-15)17-9-23(33-2)29-27-12-17/h6-7,9-10,12,15-16,19H,3-5,8,11,13-14H2,1-2H3/t15-,16+,19?. The van der Waals surface area contributed by atoms with E-state index in [4.69, 9.17) is 31.2 Å². The topological polar surface area (TPSA) is 78.2 Å². The minimum atomic E-state index is -0.479. The molecule has 5 rings (SSSR count). The quantitative estimate of drug-likeness (QED) is 0.453. The lowest BCUT2D eigenvalue weighted by molar-refractivity contribution is 0.265. The van der Waals surface area contributed by atoms with Crippen molar-refractivity contribution in [2.24, 2.45) is 17.8 Å². The Morgan fingerprint density at radius 3 is 2.68 bits per heavy atom. The molecule has 1 aliphatic carbocycles. The highest BCUT2D eigenvalue weighted by Gasteiger charge is 2.42. The summed E-state index contributed by atoms with van der Waals surface area (Å²) in [5.41, 5.74) is 1.06. The smallest absolute Gasteiger partial charge is 0.320 e. The van der Waals surface area contributed by atoms with Gasteiger partial charge < -0.3 is 14.4 Å². The van der Waals surface area contributed by atoms with Crippen LogP contribution in [0.5, 0.6) is 17.6 Å². The molecule has 1 aliphatic heterocycles. The van der Waals surface area contributed by atoms with Crippen LogP contribution in [-0.2, 0) is 13.0 Å². The first-order chi connectivity index (χ1) is 16.5. The Morgan fingerprint density at radius 2 is 1.97 bits per heavy atom. The first-order valence-corrected chi connectivity index (χ1v) is 12.1. The van der Waals surface area contributed by atoms with Gasteiger partial charge >= 0.3 is 6.01 Å². The van der Waals surface area contributed by atoms with E-state index in [1.807, 2.05) is 12.3 Å². The second kappa shape index (κ2) is 9.74. The van der Waals surface area contributed by atoms with E-state index in [0.29, 0.717) is 41.9 Å². The van der Waals surface area contributed by atoms with Crippen molar-refractivity contribution < 1.29 is 13.9 Å². The van der Waals surface area contributed by atoms with Gasteiger partial charge in [0.2, 0.25) is 5.88 Å². The molecule has 2 aliphatic rings. The molecule has 34 heavy (non-hydrogen) atoms. The van der Waals surface area contributed by atoms with Gasteiger partial charge in [-0.15, -0.1) is 5.10 Å². The maximum atomic E-state index is 13.5. The predicted octanol–water partition coefficient (Wildman–Crippen LogP) is 4.78. The number of rotatable bonds is 8. The number of fused-ring (bicyclic) bond motifs is 2. The zero-order chi connectivity index (χ0) is 23.7. The highest BCUT2D eigenvalue weighted by atomic mass is 35.5. The molecule has 1 saturated heterocycles. The summed E-state index contributed by atoms with van der Waals surface area (Å²) >= 11 is 5.91. The van der Waals surface area contributed by atoms with Gasteiger partial charge in [-0.2, -0.15) is 15.2 Å². The summed E-state index contributed by atoms with van der Waals surface area (Å²) in [4.78, 5) is 7.11. The first-order valence-electron chi connectivity index (χ1n) is 11.7. The Kier molecular flexibility index (Phi) is 6.54. The summed E-state index contributed by atoms with van der Waals surface area (Å²) in [6.07, 6.45) is 5.93. The van der Waals surface area contributed by atoms with E-state index >= 15 is 0 Å². The molecule has 10 heteroatoms. The number of ether oxygens (including phenoxy) is 2. The molecule has 1 unspecified atom stereocenters. The third kappa shape index (κ3) is 4.66. The van der Waals surface area contributed by atoms with Gasteiger partial charge in [-0.1, -0.05) is 18.5 Å². The number of hydrogen-bond donors (Lipinski definition) is 0. The lowest BCUT2D eigenvalue weighted by Crippen LogP contribution is -2.42. The molecule has 3 atom stereocenters. The first kappa shape index (κ1) is 22.8. The average Bonchev–Trinajstić information content (AvgIpc) is 3.31. The Bertz CT molecular complexity index is 1140. The van der Waals surface area contributed by atoms with Gasteiger partial charge in [0.25, 0.3) is 0 Å². The van der Waals surface area contributed by atoms with Crippen LogP contribution in [0.15, 0.2) is 30.5 Å². The summed E-state index contributed by atoms with van der Waals surface area (Å²) in [6, 6.07) is 6.66. The SMILES string of the molecule is CCCn1nc(CC2[C@@H]3CC[C@H]2CN(c2cnnc(OC)c2)C3)nc1Oc1ccc(F)c(Cl)c1. The number of benzene rings is 1. The molecule has 2 fully saturated rings. The highest BCUT2D eigenvalue weighted by molar-refractivity contribution is 6.30. The molecule has 1 aromatic carbocycles. The van der Waals surface area contributed by atoms with Crippen LogP contribution in [0.2, 0.25) is 5.02 Å². The second-order valence-electron chi connectivity index (χ2n) is 9.04. The Hall–Kier alpha value is -2.94. The van der Waals surface area contributed by atoms with Crippen molar-refractivity contribution in [1.29, 1.82) is 0 Å². The minimum absolute atomic E-state index is 0.0182. The molecule has 2 bridgehead atoms. The van der Waals surface area contributed by atoms with E-state index in [1.165, 1.54) is 25.0 Å². The van der Waals surface area contributed by atoms with Gasteiger partial charge in [0.15, 0.2) is 5.82 Å². The van der Waals surface area contributed by atoms with Crippen molar-refractivity contribution in [2.45, 2.75) is 39.2 Å². The van der Waals surface area contributed by atoms with E-state index in [1.54, 1.807) is 17.9 Å². The monoisotopic (exact) mass is 486 g/mol. The van der Waals surface area contributed by atoms with Crippen molar-refractivity contribution in [3.05, 3.63) is 47.1 Å². The molecular weight excluding hydrogens is 459 g/mol. The van der Waals surface area contributed by atoms with Gasteiger partial charge in [0, 0.05) is 38.2 Å². The number of nitrogens with zero attached hydrogens (tertiary/aromatic N) is 6. The van der Waals surface area contributed by atoms with Gasteiger partial charge in [-0.05, 0) is 49.1 Å². The van der Waals surface area contributed by atoms with Gasteiger partial charge in [-0.25, -0.2) is 9.07 Å². The summed E-state index contributed by atoms with van der Waals surface area (Å²) in [6.45, 7) is 4.73. The fourth-order valence-electron chi connectivity index (χ4n) is 5.24. The van der Waals surface area contributed by atoms with Crippen molar-refractivity contribution in [3.63, 3.8) is 0 Å². The predicted molar refractivity (Wildman–Crippen MR) is 126 cm³/mol. The molecule has 0 spiro atoms.